The first-order valence-corrected chi connectivity index (χ1v) is 21.9. The summed E-state index contributed by atoms with van der Waals surface area (Å²) in [6, 6.07) is 7.03. The maximum atomic E-state index is 14.1. The fourth-order valence-electron chi connectivity index (χ4n) is 6.54. The predicted octanol–water partition coefficient (Wildman–Crippen LogP) is 0.874. The van der Waals surface area contributed by atoms with Gasteiger partial charge in [0.15, 0.2) is 9.84 Å². The molecule has 2 unspecified atom stereocenters. The molecule has 0 saturated carbocycles. The van der Waals surface area contributed by atoms with E-state index in [1.807, 2.05) is 0 Å². The van der Waals surface area contributed by atoms with E-state index in [1.165, 1.54) is 29.2 Å². The van der Waals surface area contributed by atoms with Gasteiger partial charge in [0.25, 0.3) is 0 Å². The Balaban J connectivity index is 1.21. The first kappa shape index (κ1) is 42.4. The molecule has 0 radical (unpaired) electrons. The topological polar surface area (TPSA) is 249 Å². The molecule has 4 N–H and O–H groups in total. The molecule has 1 saturated heterocycles. The lowest BCUT2D eigenvalue weighted by atomic mass is 9.94. The third-order valence-corrected chi connectivity index (χ3v) is 13.2. The number of hydrogen-bond donors (Lipinski definition) is 4. The third-order valence-electron chi connectivity index (χ3n) is 9.40. The normalized spacial score (nSPS) is 15.2. The summed E-state index contributed by atoms with van der Waals surface area (Å²) in [4.78, 5) is 50.0. The molecule has 1 fully saturated rings. The molecular formula is C36H42N5O12S3-. The smallest absolute Gasteiger partial charge is 0.248 e. The zero-order valence-electron chi connectivity index (χ0n) is 30.9. The van der Waals surface area contributed by atoms with Crippen LogP contribution < -0.4 is 16.0 Å². The molecule has 0 aromatic heterocycles. The molecule has 0 spiro atoms. The zero-order chi connectivity index (χ0) is 41.1. The second kappa shape index (κ2) is 17.2. The van der Waals surface area contributed by atoms with Gasteiger partial charge in [0.2, 0.25) is 33.7 Å². The second-order valence-corrected chi connectivity index (χ2v) is 18.1. The average Bonchev–Trinajstić information content (AvgIpc) is 3.15. The fraction of sp³-hybridized carbons (Fsp3) is 0.389. The van der Waals surface area contributed by atoms with Crippen LogP contribution in [0.15, 0.2) is 63.2 Å². The Bertz CT molecular complexity index is 2460. The molecule has 4 amide bonds. The van der Waals surface area contributed by atoms with E-state index in [9.17, 15) is 49.9 Å². The van der Waals surface area contributed by atoms with Gasteiger partial charge in [0.05, 0.1) is 9.79 Å². The number of amides is 4. The van der Waals surface area contributed by atoms with Crippen molar-refractivity contribution >= 4 is 86.9 Å². The van der Waals surface area contributed by atoms with Crippen molar-refractivity contribution in [1.29, 1.82) is 0 Å². The quantitative estimate of drug-likeness (QED) is 0.0532. The first-order valence-electron chi connectivity index (χ1n) is 17.5. The highest BCUT2D eigenvalue weighted by atomic mass is 32.2. The van der Waals surface area contributed by atoms with E-state index in [4.69, 9.17) is 4.74 Å². The van der Waals surface area contributed by atoms with Crippen molar-refractivity contribution in [2.45, 2.75) is 47.4 Å². The number of hydrogen-bond acceptors (Lipinski definition) is 12. The van der Waals surface area contributed by atoms with Crippen molar-refractivity contribution in [3.63, 3.8) is 0 Å². The van der Waals surface area contributed by atoms with Crippen molar-refractivity contribution in [2.24, 2.45) is 0 Å². The lowest BCUT2D eigenvalue weighted by Crippen LogP contribution is -2.51. The number of nitrogens with zero attached hydrogens (tertiary/aromatic N) is 2. The summed E-state index contributed by atoms with van der Waals surface area (Å²) >= 11 is -2.85. The number of phenolic OH excluding ortho intramolecular Hbond substituents is 1. The van der Waals surface area contributed by atoms with Gasteiger partial charge < -0.3 is 35.2 Å². The van der Waals surface area contributed by atoms with Crippen LogP contribution >= 0.6 is 0 Å². The van der Waals surface area contributed by atoms with Crippen molar-refractivity contribution < 1.29 is 54.6 Å². The molecule has 17 nitrogen and oxygen atoms in total. The molecule has 0 bridgehead atoms. The molecule has 1 aliphatic rings. The average molecular weight is 833 g/mol. The van der Waals surface area contributed by atoms with Crippen molar-refractivity contribution in [3.8, 4) is 5.75 Å². The Hall–Kier alpha value is -4.73. The van der Waals surface area contributed by atoms with E-state index >= 15 is 0 Å². The van der Waals surface area contributed by atoms with Crippen LogP contribution in [0, 0.1) is 0 Å². The number of sulfone groups is 1. The lowest BCUT2D eigenvalue weighted by Gasteiger charge is -2.34. The number of piperazine rings is 1. The van der Waals surface area contributed by atoms with Gasteiger partial charge in [-0.1, -0.05) is 31.7 Å². The number of benzene rings is 4. The highest BCUT2D eigenvalue weighted by Crippen LogP contribution is 2.45. The standard InChI is InChI=1S/C36H43N5O12S3/c1-5-26(36(46)38-12-6-11-37-35(45)21(2)3)39-31(43)19-53-20-32(44)40-13-15-41(16-14-40)56(51,52)30-17-27(42)22-7-8-23-28(54(47)48)18-29(55(4,49)50)24-9-10-25(30)33(22)34(23)24/h7-10,17-18,26,42H,2,5-6,11-16,19-20H2,1,3-4H3,(H,37,45)(H,38,46)(H,39,43)(H,47,48)/p-1. The number of rotatable bonds is 16. The minimum Gasteiger partial charge on any atom is -0.768 e. The Labute approximate surface area is 326 Å². The molecule has 302 valence electrons. The molecular weight excluding hydrogens is 791 g/mol. The highest BCUT2D eigenvalue weighted by Gasteiger charge is 2.33. The van der Waals surface area contributed by atoms with Gasteiger partial charge >= 0.3 is 0 Å². The highest BCUT2D eigenvalue weighted by molar-refractivity contribution is 7.91. The molecule has 4 aromatic rings. The Morgan fingerprint density at radius 3 is 2.11 bits per heavy atom. The van der Waals surface area contributed by atoms with Crippen LogP contribution in [0.4, 0.5) is 0 Å². The first-order chi connectivity index (χ1) is 26.4. The number of nitrogens with one attached hydrogen (secondary N) is 3. The summed E-state index contributed by atoms with van der Waals surface area (Å²) < 4.78 is 84.5. The van der Waals surface area contributed by atoms with E-state index < -0.39 is 73.7 Å². The van der Waals surface area contributed by atoms with Crippen LogP contribution in [0.25, 0.3) is 32.3 Å². The Kier molecular flexibility index (Phi) is 13.0. The summed E-state index contributed by atoms with van der Waals surface area (Å²) in [5, 5.41) is 20.0. The van der Waals surface area contributed by atoms with Crippen LogP contribution in [0.1, 0.15) is 26.7 Å². The maximum Gasteiger partial charge on any atom is 0.248 e. The number of aromatic hydroxyl groups is 1. The lowest BCUT2D eigenvalue weighted by molar-refractivity contribution is -0.140. The summed E-state index contributed by atoms with van der Waals surface area (Å²) in [6.07, 6.45) is 1.69. The number of phenols is 1. The van der Waals surface area contributed by atoms with E-state index in [1.54, 1.807) is 13.8 Å². The van der Waals surface area contributed by atoms with E-state index in [2.05, 4.69) is 22.5 Å². The maximum absolute atomic E-state index is 14.1. The van der Waals surface area contributed by atoms with Gasteiger partial charge in [0.1, 0.15) is 25.0 Å². The van der Waals surface area contributed by atoms with Crippen LogP contribution in [0.2, 0.25) is 0 Å². The molecule has 4 aromatic carbocycles. The van der Waals surface area contributed by atoms with Crippen LogP contribution in [-0.2, 0) is 54.9 Å². The van der Waals surface area contributed by atoms with Crippen molar-refractivity contribution in [3.05, 3.63) is 48.6 Å². The van der Waals surface area contributed by atoms with Gasteiger partial charge in [-0.3, -0.25) is 23.4 Å². The molecule has 56 heavy (non-hydrogen) atoms. The summed E-state index contributed by atoms with van der Waals surface area (Å²) in [5.74, 6) is -2.22. The van der Waals surface area contributed by atoms with Crippen LogP contribution in [0.3, 0.4) is 0 Å². The predicted molar refractivity (Wildman–Crippen MR) is 206 cm³/mol. The minimum absolute atomic E-state index is 0.0171. The summed E-state index contributed by atoms with van der Waals surface area (Å²) in [6.45, 7) is 6.18. The van der Waals surface area contributed by atoms with Crippen molar-refractivity contribution in [1.82, 2.24) is 25.2 Å². The van der Waals surface area contributed by atoms with Gasteiger partial charge in [-0.25, -0.2) is 16.8 Å². The molecule has 2 atom stereocenters. The molecule has 1 aliphatic heterocycles. The van der Waals surface area contributed by atoms with E-state index in [0.717, 1.165) is 22.7 Å². The van der Waals surface area contributed by atoms with Gasteiger partial charge in [0, 0.05) is 83.6 Å². The number of carbonyl (C=O) groups excluding carboxylic acids is 4. The number of ether oxygens (including phenoxy) is 1. The van der Waals surface area contributed by atoms with Crippen molar-refractivity contribution in [2.75, 3.05) is 58.7 Å². The van der Waals surface area contributed by atoms with Crippen LogP contribution in [0.5, 0.6) is 5.75 Å². The molecule has 1 heterocycles. The van der Waals surface area contributed by atoms with E-state index in [0.29, 0.717) is 25.0 Å². The minimum atomic E-state index is -4.33. The van der Waals surface area contributed by atoms with Gasteiger partial charge in [-0.05, 0) is 53.8 Å². The molecule has 20 heteroatoms. The largest absolute Gasteiger partial charge is 0.768 e. The van der Waals surface area contributed by atoms with Crippen LogP contribution in [-0.4, -0.2) is 128 Å². The number of sulfonamides is 1. The Morgan fingerprint density at radius 1 is 0.911 bits per heavy atom. The fourth-order valence-corrected chi connectivity index (χ4v) is 9.71. The SMILES string of the molecule is C=C(C)C(=O)NCCCNC(=O)C(CC)NC(=O)COCC(=O)N1CCN(S(=O)(=O)c2cc(O)c3ccc4c(S(=O)[O-])cc(S(C)(=O)=O)c5ccc2c3c45)CC1. The monoisotopic (exact) mass is 832 g/mol. The third kappa shape index (κ3) is 8.95. The van der Waals surface area contributed by atoms with Gasteiger partial charge in [-0.2, -0.15) is 4.31 Å². The zero-order valence-corrected chi connectivity index (χ0v) is 33.3. The summed E-state index contributed by atoms with van der Waals surface area (Å²) in [5.41, 5.74) is 0.372. The summed E-state index contributed by atoms with van der Waals surface area (Å²) in [7, 11) is -8.27. The molecule has 5 rings (SSSR count). The van der Waals surface area contributed by atoms with E-state index in [-0.39, 0.29) is 85.6 Å². The molecule has 0 aliphatic carbocycles. The Morgan fingerprint density at radius 2 is 1.50 bits per heavy atom. The second-order valence-electron chi connectivity index (χ2n) is 13.3. The number of carbonyl (C=O) groups is 4. The van der Waals surface area contributed by atoms with Gasteiger partial charge in [-0.15, -0.1) is 0 Å².